The molecule has 0 bridgehead atoms. The van der Waals surface area contributed by atoms with Crippen LogP contribution in [-0.2, 0) is 6.54 Å². The minimum Gasteiger partial charge on any atom is -0.465 e. The van der Waals surface area contributed by atoms with Crippen LogP contribution in [0.4, 0.5) is 4.79 Å². The highest BCUT2D eigenvalue weighted by Gasteiger charge is 2.41. The van der Waals surface area contributed by atoms with Crippen LogP contribution in [0.1, 0.15) is 5.56 Å². The van der Waals surface area contributed by atoms with Crippen molar-refractivity contribution in [1.82, 2.24) is 19.8 Å². The van der Waals surface area contributed by atoms with E-state index in [0.717, 1.165) is 25.2 Å². The summed E-state index contributed by atoms with van der Waals surface area (Å²) in [4.78, 5) is 22.7. The van der Waals surface area contributed by atoms with Gasteiger partial charge in [-0.1, -0.05) is 0 Å². The van der Waals surface area contributed by atoms with Crippen molar-refractivity contribution < 1.29 is 9.90 Å². The zero-order chi connectivity index (χ0) is 13.4. The number of amides is 1. The summed E-state index contributed by atoms with van der Waals surface area (Å²) in [7, 11) is 0. The maximum Gasteiger partial charge on any atom is 0.407 e. The third kappa shape index (κ3) is 2.64. The molecule has 3 rings (SSSR count). The van der Waals surface area contributed by atoms with E-state index in [2.05, 4.69) is 14.9 Å². The van der Waals surface area contributed by atoms with Crippen molar-refractivity contribution >= 4 is 17.7 Å². The predicted octanol–water partition coefficient (Wildman–Crippen LogP) is 1.17. The molecule has 2 fully saturated rings. The van der Waals surface area contributed by atoms with Crippen molar-refractivity contribution in [2.24, 2.45) is 11.8 Å². The SMILES string of the molecule is O=C(O)N1CC2CN(Cc3cnc(Cl)nc3)CC2C1. The molecule has 2 saturated heterocycles. The van der Waals surface area contributed by atoms with E-state index in [1.165, 1.54) is 4.90 Å². The fourth-order valence-electron chi connectivity index (χ4n) is 3.05. The molecule has 0 aliphatic carbocycles. The van der Waals surface area contributed by atoms with Crippen molar-refractivity contribution in [2.75, 3.05) is 26.2 Å². The molecule has 3 heterocycles. The number of rotatable bonds is 2. The van der Waals surface area contributed by atoms with Gasteiger partial charge in [-0.25, -0.2) is 14.8 Å². The molecule has 2 aliphatic rings. The Hall–Kier alpha value is -1.40. The average molecular weight is 283 g/mol. The van der Waals surface area contributed by atoms with Gasteiger partial charge >= 0.3 is 6.09 Å². The Labute approximate surface area is 116 Å². The minimum absolute atomic E-state index is 0.263. The van der Waals surface area contributed by atoms with Crippen molar-refractivity contribution in [3.8, 4) is 0 Å². The van der Waals surface area contributed by atoms with Gasteiger partial charge in [0.1, 0.15) is 0 Å². The van der Waals surface area contributed by atoms with Crippen LogP contribution >= 0.6 is 11.6 Å². The number of likely N-dealkylation sites (tertiary alicyclic amines) is 2. The van der Waals surface area contributed by atoms with Crippen LogP contribution in [0.3, 0.4) is 0 Å². The van der Waals surface area contributed by atoms with Gasteiger partial charge in [-0.05, 0) is 23.4 Å². The summed E-state index contributed by atoms with van der Waals surface area (Å²) in [6, 6.07) is 0. The molecule has 102 valence electrons. The topological polar surface area (TPSA) is 69.6 Å². The third-order valence-electron chi connectivity index (χ3n) is 3.91. The molecule has 2 unspecified atom stereocenters. The van der Waals surface area contributed by atoms with E-state index in [0.29, 0.717) is 24.9 Å². The lowest BCUT2D eigenvalue weighted by Crippen LogP contribution is -2.32. The van der Waals surface area contributed by atoms with E-state index in [4.69, 9.17) is 16.7 Å². The summed E-state index contributed by atoms with van der Waals surface area (Å²) in [5, 5.41) is 9.24. The van der Waals surface area contributed by atoms with Gasteiger partial charge in [0, 0.05) is 50.7 Å². The highest BCUT2D eigenvalue weighted by atomic mass is 35.5. The first kappa shape index (κ1) is 12.6. The normalized spacial score (nSPS) is 26.7. The summed E-state index contributed by atoms with van der Waals surface area (Å²) in [5.74, 6) is 0.925. The molecule has 7 heteroatoms. The molecule has 0 spiro atoms. The minimum atomic E-state index is -0.799. The molecular formula is C12H15ClN4O2. The molecule has 1 aromatic rings. The standard InChI is InChI=1S/C12H15ClN4O2/c13-11-14-1-8(2-15-11)3-16-4-9-6-17(12(18)19)7-10(9)5-16/h1-2,9-10H,3-7H2,(H,18,19). The predicted molar refractivity (Wildman–Crippen MR) is 68.9 cm³/mol. The highest BCUT2D eigenvalue weighted by Crippen LogP contribution is 2.31. The Balaban J connectivity index is 1.57. The second-order valence-electron chi connectivity index (χ2n) is 5.26. The van der Waals surface area contributed by atoms with E-state index >= 15 is 0 Å². The first-order valence-electron chi connectivity index (χ1n) is 6.28. The van der Waals surface area contributed by atoms with Crippen LogP contribution in [-0.4, -0.2) is 57.1 Å². The first-order chi connectivity index (χ1) is 9.11. The van der Waals surface area contributed by atoms with E-state index in [1.807, 2.05) is 0 Å². The molecule has 2 aliphatic heterocycles. The number of carbonyl (C=O) groups is 1. The number of fused-ring (bicyclic) bond motifs is 1. The number of nitrogens with zero attached hydrogens (tertiary/aromatic N) is 4. The molecule has 1 aromatic heterocycles. The summed E-state index contributed by atoms with van der Waals surface area (Å²) in [6.07, 6.45) is 2.69. The maximum atomic E-state index is 10.9. The van der Waals surface area contributed by atoms with Gasteiger partial charge in [-0.3, -0.25) is 4.90 Å². The lowest BCUT2D eigenvalue weighted by atomic mass is 10.0. The van der Waals surface area contributed by atoms with Crippen LogP contribution < -0.4 is 0 Å². The fourth-order valence-corrected chi connectivity index (χ4v) is 3.15. The summed E-state index contributed by atoms with van der Waals surface area (Å²) in [6.45, 7) is 4.01. The second-order valence-corrected chi connectivity index (χ2v) is 5.60. The Morgan fingerprint density at radius 2 is 1.84 bits per heavy atom. The van der Waals surface area contributed by atoms with Crippen LogP contribution in [0.2, 0.25) is 5.28 Å². The van der Waals surface area contributed by atoms with Crippen molar-refractivity contribution in [3.63, 3.8) is 0 Å². The molecule has 19 heavy (non-hydrogen) atoms. The van der Waals surface area contributed by atoms with Gasteiger partial charge in [0.2, 0.25) is 5.28 Å². The van der Waals surface area contributed by atoms with Gasteiger partial charge in [0.05, 0.1) is 0 Å². The summed E-state index contributed by atoms with van der Waals surface area (Å²) >= 11 is 5.65. The molecule has 1 N–H and O–H groups in total. The fraction of sp³-hybridized carbons (Fsp3) is 0.583. The molecular weight excluding hydrogens is 268 g/mol. The van der Waals surface area contributed by atoms with Crippen molar-refractivity contribution in [1.29, 1.82) is 0 Å². The van der Waals surface area contributed by atoms with E-state index in [9.17, 15) is 4.79 Å². The summed E-state index contributed by atoms with van der Waals surface area (Å²) < 4.78 is 0. The Bertz CT molecular complexity index is 467. The number of aromatic nitrogens is 2. The number of halogens is 1. The number of hydrogen-bond donors (Lipinski definition) is 1. The van der Waals surface area contributed by atoms with Crippen molar-refractivity contribution in [3.05, 3.63) is 23.2 Å². The first-order valence-corrected chi connectivity index (χ1v) is 6.66. The Kier molecular flexibility index (Phi) is 3.28. The van der Waals surface area contributed by atoms with E-state index in [-0.39, 0.29) is 5.28 Å². The second kappa shape index (κ2) is 4.94. The zero-order valence-electron chi connectivity index (χ0n) is 10.4. The summed E-state index contributed by atoms with van der Waals surface area (Å²) in [5.41, 5.74) is 1.04. The lowest BCUT2D eigenvalue weighted by molar-refractivity contribution is 0.148. The highest BCUT2D eigenvalue weighted by molar-refractivity contribution is 6.28. The maximum absolute atomic E-state index is 10.9. The largest absolute Gasteiger partial charge is 0.465 e. The number of hydrogen-bond acceptors (Lipinski definition) is 4. The quantitative estimate of drug-likeness (QED) is 0.825. The molecule has 0 radical (unpaired) electrons. The molecule has 2 atom stereocenters. The van der Waals surface area contributed by atoms with Crippen LogP contribution in [0, 0.1) is 11.8 Å². The monoisotopic (exact) mass is 282 g/mol. The van der Waals surface area contributed by atoms with Gasteiger partial charge < -0.3 is 10.0 Å². The van der Waals surface area contributed by atoms with Gasteiger partial charge in [-0.2, -0.15) is 0 Å². The van der Waals surface area contributed by atoms with Crippen LogP contribution in [0.5, 0.6) is 0 Å². The van der Waals surface area contributed by atoms with Gasteiger partial charge in [0.15, 0.2) is 0 Å². The molecule has 1 amide bonds. The molecule has 0 saturated carbocycles. The van der Waals surface area contributed by atoms with Crippen LogP contribution in [0.25, 0.3) is 0 Å². The van der Waals surface area contributed by atoms with Crippen molar-refractivity contribution in [2.45, 2.75) is 6.54 Å². The van der Waals surface area contributed by atoms with Gasteiger partial charge in [0.25, 0.3) is 0 Å². The smallest absolute Gasteiger partial charge is 0.407 e. The van der Waals surface area contributed by atoms with E-state index < -0.39 is 6.09 Å². The lowest BCUT2D eigenvalue weighted by Gasteiger charge is -2.19. The molecule has 0 aromatic carbocycles. The Morgan fingerprint density at radius 3 is 2.37 bits per heavy atom. The zero-order valence-corrected chi connectivity index (χ0v) is 11.1. The van der Waals surface area contributed by atoms with Crippen LogP contribution in [0.15, 0.2) is 12.4 Å². The average Bonchev–Trinajstić information content (AvgIpc) is 2.90. The third-order valence-corrected chi connectivity index (χ3v) is 4.11. The Morgan fingerprint density at radius 1 is 1.26 bits per heavy atom. The van der Waals surface area contributed by atoms with E-state index in [1.54, 1.807) is 12.4 Å². The van der Waals surface area contributed by atoms with Gasteiger partial charge in [-0.15, -0.1) is 0 Å². The molecule has 6 nitrogen and oxygen atoms in total. The number of carboxylic acid groups (broad SMARTS) is 1.